The van der Waals surface area contributed by atoms with Gasteiger partial charge >= 0.3 is 0 Å². The summed E-state index contributed by atoms with van der Waals surface area (Å²) in [5.41, 5.74) is 2.60. The molecule has 3 aromatic rings. The number of benzene rings is 1. The van der Waals surface area contributed by atoms with Crippen LogP contribution in [0.25, 0.3) is 16.9 Å². The zero-order valence-electron chi connectivity index (χ0n) is 14.0. The lowest BCUT2D eigenvalue weighted by molar-refractivity contribution is 0.0676. The normalized spacial score (nSPS) is 17.8. The van der Waals surface area contributed by atoms with Gasteiger partial charge < -0.3 is 4.90 Å². The molecule has 128 valence electrons. The van der Waals surface area contributed by atoms with Gasteiger partial charge in [-0.1, -0.05) is 6.92 Å². The van der Waals surface area contributed by atoms with Crippen LogP contribution < -0.4 is 0 Å². The number of amides is 1. The number of rotatable bonds is 2. The molecule has 6 heteroatoms. The molecule has 0 aliphatic carbocycles. The SMILES string of the molecule is CC1CCCN(C(=O)c2cc3nccc(-c4ccc(F)cc4)n3n2)C1. The number of carbonyl (C=O) groups is 1. The smallest absolute Gasteiger partial charge is 0.274 e. The standard InChI is InChI=1S/C19H19FN4O/c1-13-3-2-10-23(12-13)19(25)16-11-18-21-9-8-17(24(18)22-16)14-4-6-15(20)7-5-14/h4-9,11,13H,2-3,10,12H2,1H3. The molecule has 25 heavy (non-hydrogen) atoms. The van der Waals surface area contributed by atoms with Crippen LogP contribution in [0.3, 0.4) is 0 Å². The van der Waals surface area contributed by atoms with E-state index in [9.17, 15) is 9.18 Å². The van der Waals surface area contributed by atoms with Crippen LogP contribution in [0, 0.1) is 11.7 Å². The van der Waals surface area contributed by atoms with Crippen molar-refractivity contribution in [1.29, 1.82) is 0 Å². The molecule has 0 N–H and O–H groups in total. The number of piperidine rings is 1. The fourth-order valence-electron chi connectivity index (χ4n) is 3.37. The highest BCUT2D eigenvalue weighted by atomic mass is 19.1. The maximum atomic E-state index is 13.2. The first-order valence-corrected chi connectivity index (χ1v) is 8.52. The molecule has 0 radical (unpaired) electrons. The van der Waals surface area contributed by atoms with Gasteiger partial charge in [0.2, 0.25) is 0 Å². The van der Waals surface area contributed by atoms with Gasteiger partial charge in [0, 0.05) is 30.9 Å². The first kappa shape index (κ1) is 15.7. The maximum absolute atomic E-state index is 13.2. The second-order valence-electron chi connectivity index (χ2n) is 6.64. The molecular weight excluding hydrogens is 319 g/mol. The van der Waals surface area contributed by atoms with Crippen molar-refractivity contribution in [2.75, 3.05) is 13.1 Å². The Morgan fingerprint density at radius 2 is 2.04 bits per heavy atom. The summed E-state index contributed by atoms with van der Waals surface area (Å²) in [6, 6.07) is 9.73. The molecule has 1 fully saturated rings. The summed E-state index contributed by atoms with van der Waals surface area (Å²) in [6.45, 7) is 3.71. The molecule has 1 aromatic carbocycles. The Kier molecular flexibility index (Phi) is 3.95. The first-order valence-electron chi connectivity index (χ1n) is 8.52. The van der Waals surface area contributed by atoms with E-state index >= 15 is 0 Å². The Balaban J connectivity index is 1.72. The Morgan fingerprint density at radius 1 is 1.24 bits per heavy atom. The number of carbonyl (C=O) groups excluding carboxylic acids is 1. The third-order valence-electron chi connectivity index (χ3n) is 4.66. The van der Waals surface area contributed by atoms with Crippen molar-refractivity contribution < 1.29 is 9.18 Å². The Bertz CT molecular complexity index is 919. The number of hydrogen-bond acceptors (Lipinski definition) is 3. The van der Waals surface area contributed by atoms with Crippen molar-refractivity contribution in [1.82, 2.24) is 19.5 Å². The Labute approximate surface area is 145 Å². The van der Waals surface area contributed by atoms with Crippen LogP contribution in [-0.2, 0) is 0 Å². The predicted octanol–water partition coefficient (Wildman–Crippen LogP) is 3.41. The van der Waals surface area contributed by atoms with Gasteiger partial charge in [0.25, 0.3) is 5.91 Å². The van der Waals surface area contributed by atoms with Crippen molar-refractivity contribution in [2.24, 2.45) is 5.92 Å². The molecule has 4 rings (SSSR count). The molecule has 1 aliphatic rings. The molecular formula is C19H19FN4O. The van der Waals surface area contributed by atoms with E-state index in [1.165, 1.54) is 12.1 Å². The van der Waals surface area contributed by atoms with Crippen molar-refractivity contribution in [3.05, 3.63) is 54.1 Å². The minimum absolute atomic E-state index is 0.0536. The number of halogens is 1. The van der Waals surface area contributed by atoms with Crippen molar-refractivity contribution in [2.45, 2.75) is 19.8 Å². The summed E-state index contributed by atoms with van der Waals surface area (Å²) in [5, 5.41) is 4.48. The topological polar surface area (TPSA) is 50.5 Å². The molecule has 1 saturated heterocycles. The van der Waals surface area contributed by atoms with Crippen LogP contribution in [0.15, 0.2) is 42.6 Å². The van der Waals surface area contributed by atoms with Gasteiger partial charge in [-0.25, -0.2) is 13.9 Å². The van der Waals surface area contributed by atoms with Gasteiger partial charge in [-0.2, -0.15) is 5.10 Å². The molecule has 1 atom stereocenters. The van der Waals surface area contributed by atoms with Crippen LogP contribution in [-0.4, -0.2) is 38.5 Å². The van der Waals surface area contributed by atoms with Crippen LogP contribution in [0.1, 0.15) is 30.3 Å². The summed E-state index contributed by atoms with van der Waals surface area (Å²) < 4.78 is 14.8. The Hall–Kier alpha value is -2.76. The number of likely N-dealkylation sites (tertiary alicyclic amines) is 1. The molecule has 1 aliphatic heterocycles. The molecule has 2 aromatic heterocycles. The van der Waals surface area contributed by atoms with Gasteiger partial charge in [-0.3, -0.25) is 4.79 Å². The average Bonchev–Trinajstić information content (AvgIpc) is 3.06. The third kappa shape index (κ3) is 2.99. The van der Waals surface area contributed by atoms with Gasteiger partial charge in [-0.15, -0.1) is 0 Å². The van der Waals surface area contributed by atoms with Gasteiger partial charge in [-0.05, 0) is 49.1 Å². The van der Waals surface area contributed by atoms with Gasteiger partial charge in [0.05, 0.1) is 5.69 Å². The zero-order chi connectivity index (χ0) is 17.4. The number of aromatic nitrogens is 3. The lowest BCUT2D eigenvalue weighted by Crippen LogP contribution is -2.39. The fourth-order valence-corrected chi connectivity index (χ4v) is 3.37. The Morgan fingerprint density at radius 3 is 2.80 bits per heavy atom. The number of nitrogens with zero attached hydrogens (tertiary/aromatic N) is 4. The molecule has 1 amide bonds. The van der Waals surface area contributed by atoms with Crippen molar-refractivity contribution >= 4 is 11.6 Å². The van der Waals surface area contributed by atoms with Crippen molar-refractivity contribution in [3.8, 4) is 11.3 Å². The number of fused-ring (bicyclic) bond motifs is 1. The summed E-state index contributed by atoms with van der Waals surface area (Å²) in [5.74, 6) is 0.175. The number of hydrogen-bond donors (Lipinski definition) is 0. The lowest BCUT2D eigenvalue weighted by Gasteiger charge is -2.30. The monoisotopic (exact) mass is 338 g/mol. The average molecular weight is 338 g/mol. The van der Waals surface area contributed by atoms with Crippen LogP contribution in [0.4, 0.5) is 4.39 Å². The summed E-state index contributed by atoms with van der Waals surface area (Å²) in [7, 11) is 0. The van der Waals surface area contributed by atoms with E-state index in [0.717, 1.165) is 37.2 Å². The highest BCUT2D eigenvalue weighted by Crippen LogP contribution is 2.22. The van der Waals surface area contributed by atoms with Gasteiger partial charge in [0.15, 0.2) is 11.3 Å². The largest absolute Gasteiger partial charge is 0.337 e. The van der Waals surface area contributed by atoms with E-state index in [2.05, 4.69) is 17.0 Å². The summed E-state index contributed by atoms with van der Waals surface area (Å²) >= 11 is 0. The maximum Gasteiger partial charge on any atom is 0.274 e. The van der Waals surface area contributed by atoms with E-state index in [4.69, 9.17) is 0 Å². The van der Waals surface area contributed by atoms with E-state index in [1.54, 1.807) is 28.9 Å². The molecule has 0 spiro atoms. The van der Waals surface area contributed by atoms with E-state index in [0.29, 0.717) is 17.3 Å². The second-order valence-corrected chi connectivity index (χ2v) is 6.64. The highest BCUT2D eigenvalue weighted by molar-refractivity contribution is 5.93. The van der Waals surface area contributed by atoms with Crippen LogP contribution >= 0.6 is 0 Å². The van der Waals surface area contributed by atoms with Crippen LogP contribution in [0.5, 0.6) is 0 Å². The predicted molar refractivity (Wildman–Crippen MR) is 92.7 cm³/mol. The highest BCUT2D eigenvalue weighted by Gasteiger charge is 2.24. The quantitative estimate of drug-likeness (QED) is 0.719. The third-order valence-corrected chi connectivity index (χ3v) is 4.66. The minimum Gasteiger partial charge on any atom is -0.337 e. The molecule has 3 heterocycles. The molecule has 1 unspecified atom stereocenters. The molecule has 0 saturated carbocycles. The second kappa shape index (κ2) is 6.27. The van der Waals surface area contributed by atoms with E-state index in [-0.39, 0.29) is 11.7 Å². The van der Waals surface area contributed by atoms with Gasteiger partial charge in [0.1, 0.15) is 5.82 Å². The lowest BCUT2D eigenvalue weighted by atomic mass is 10.0. The summed E-state index contributed by atoms with van der Waals surface area (Å²) in [6.07, 6.45) is 3.86. The summed E-state index contributed by atoms with van der Waals surface area (Å²) in [4.78, 5) is 19.0. The van der Waals surface area contributed by atoms with Crippen molar-refractivity contribution in [3.63, 3.8) is 0 Å². The van der Waals surface area contributed by atoms with E-state index < -0.39 is 0 Å². The fraction of sp³-hybridized carbons (Fsp3) is 0.316. The van der Waals surface area contributed by atoms with Crippen LogP contribution in [0.2, 0.25) is 0 Å². The zero-order valence-corrected chi connectivity index (χ0v) is 14.0. The minimum atomic E-state index is -0.287. The molecule has 0 bridgehead atoms. The molecule has 5 nitrogen and oxygen atoms in total. The van der Waals surface area contributed by atoms with E-state index in [1.807, 2.05) is 11.0 Å². The first-order chi connectivity index (χ1) is 12.1.